The van der Waals surface area contributed by atoms with E-state index in [0.29, 0.717) is 17.9 Å². The van der Waals surface area contributed by atoms with Gasteiger partial charge in [0.15, 0.2) is 0 Å². The molecule has 2 heterocycles. The third-order valence-corrected chi connectivity index (χ3v) is 5.03. The Bertz CT molecular complexity index is 1040. The van der Waals surface area contributed by atoms with E-state index in [0.717, 1.165) is 16.7 Å². The van der Waals surface area contributed by atoms with Gasteiger partial charge in [-0.2, -0.15) is 0 Å². The molecule has 4 rings (SSSR count). The number of para-hydroxylation sites is 1. The molecule has 1 N–H and O–H groups in total. The van der Waals surface area contributed by atoms with E-state index in [1.54, 1.807) is 30.5 Å². The number of hydrogen-bond acceptors (Lipinski definition) is 4. The molecule has 1 atom stereocenters. The van der Waals surface area contributed by atoms with Crippen LogP contribution in [-0.2, 0) is 17.9 Å². The van der Waals surface area contributed by atoms with E-state index in [1.807, 2.05) is 54.6 Å². The zero-order valence-electron chi connectivity index (χ0n) is 16.0. The topological polar surface area (TPSA) is 71.5 Å². The van der Waals surface area contributed by atoms with Gasteiger partial charge in [0, 0.05) is 30.1 Å². The van der Waals surface area contributed by atoms with Gasteiger partial charge in [-0.15, -0.1) is 0 Å². The first-order valence-corrected chi connectivity index (χ1v) is 9.37. The van der Waals surface area contributed by atoms with Crippen molar-refractivity contribution in [3.8, 4) is 5.75 Å². The number of carbonyl (C=O) groups excluding carboxylic acids is 2. The Morgan fingerprint density at radius 2 is 1.90 bits per heavy atom. The summed E-state index contributed by atoms with van der Waals surface area (Å²) in [6.45, 7) is 0.629. The molecule has 29 heavy (non-hydrogen) atoms. The fraction of sp³-hybridized carbons (Fsp3) is 0.174. The maximum atomic E-state index is 13.1. The van der Waals surface area contributed by atoms with Crippen LogP contribution in [0, 0.1) is 0 Å². The molecule has 1 aromatic heterocycles. The Hall–Kier alpha value is -3.67. The van der Waals surface area contributed by atoms with Gasteiger partial charge in [-0.1, -0.05) is 42.5 Å². The second-order valence-electron chi connectivity index (χ2n) is 6.81. The molecule has 3 aromatic rings. The van der Waals surface area contributed by atoms with Crippen molar-refractivity contribution in [3.63, 3.8) is 0 Å². The number of carbonyl (C=O) groups is 2. The maximum absolute atomic E-state index is 13.1. The van der Waals surface area contributed by atoms with Crippen molar-refractivity contribution in [2.24, 2.45) is 0 Å². The number of benzene rings is 2. The van der Waals surface area contributed by atoms with Crippen molar-refractivity contribution in [1.82, 2.24) is 15.2 Å². The summed E-state index contributed by atoms with van der Waals surface area (Å²) in [6, 6.07) is 17.8. The molecule has 2 amide bonds. The van der Waals surface area contributed by atoms with E-state index in [-0.39, 0.29) is 18.4 Å². The van der Waals surface area contributed by atoms with Crippen LogP contribution in [0.3, 0.4) is 0 Å². The second-order valence-corrected chi connectivity index (χ2v) is 6.81. The van der Waals surface area contributed by atoms with Crippen molar-refractivity contribution >= 4 is 11.8 Å². The number of ether oxygens (including phenoxy) is 1. The molecule has 1 aliphatic rings. The third-order valence-electron chi connectivity index (χ3n) is 5.03. The van der Waals surface area contributed by atoms with Crippen molar-refractivity contribution < 1.29 is 14.3 Å². The normalized spacial score (nSPS) is 15.1. The minimum absolute atomic E-state index is 0.159. The lowest BCUT2D eigenvalue weighted by Crippen LogP contribution is -2.38. The predicted molar refractivity (Wildman–Crippen MR) is 108 cm³/mol. The smallest absolute Gasteiger partial charge is 0.255 e. The number of fused-ring (bicyclic) bond motifs is 1. The van der Waals surface area contributed by atoms with Gasteiger partial charge in [-0.3, -0.25) is 14.6 Å². The Balaban J connectivity index is 1.62. The number of aromatic nitrogens is 1. The highest BCUT2D eigenvalue weighted by Crippen LogP contribution is 2.36. The molecular weight excluding hydrogens is 366 g/mol. The van der Waals surface area contributed by atoms with Crippen LogP contribution in [0.5, 0.6) is 5.75 Å². The zero-order chi connectivity index (χ0) is 20.2. The first kappa shape index (κ1) is 18.7. The van der Waals surface area contributed by atoms with Crippen LogP contribution in [0.4, 0.5) is 0 Å². The molecule has 0 fully saturated rings. The minimum Gasteiger partial charge on any atom is -0.496 e. The van der Waals surface area contributed by atoms with E-state index in [1.165, 1.54) is 0 Å². The number of amides is 2. The summed E-state index contributed by atoms with van der Waals surface area (Å²) in [5, 5.41) is 2.94. The largest absolute Gasteiger partial charge is 0.496 e. The van der Waals surface area contributed by atoms with Crippen LogP contribution in [-0.4, -0.2) is 28.8 Å². The van der Waals surface area contributed by atoms with Crippen molar-refractivity contribution in [3.05, 3.63) is 95.3 Å². The maximum Gasteiger partial charge on any atom is 0.255 e. The Morgan fingerprint density at radius 1 is 1.10 bits per heavy atom. The number of nitrogens with zero attached hydrogens (tertiary/aromatic N) is 2. The van der Waals surface area contributed by atoms with Gasteiger partial charge in [-0.05, 0) is 29.3 Å². The average Bonchev–Trinajstić information content (AvgIpc) is 3.05. The first-order valence-electron chi connectivity index (χ1n) is 9.37. The van der Waals surface area contributed by atoms with E-state index < -0.39 is 6.04 Å². The SMILES string of the molecule is COc1ccccc1CN1C(=O)c2ccccc2C1C(=O)NCc1cccnc1. The quantitative estimate of drug-likeness (QED) is 0.706. The molecule has 1 aliphatic heterocycles. The third kappa shape index (κ3) is 3.69. The molecule has 6 heteroatoms. The van der Waals surface area contributed by atoms with E-state index in [2.05, 4.69) is 10.3 Å². The van der Waals surface area contributed by atoms with Gasteiger partial charge in [0.25, 0.3) is 5.91 Å². The van der Waals surface area contributed by atoms with Gasteiger partial charge in [0.05, 0.1) is 13.7 Å². The van der Waals surface area contributed by atoms with Gasteiger partial charge < -0.3 is 15.0 Å². The van der Waals surface area contributed by atoms with Crippen LogP contribution < -0.4 is 10.1 Å². The van der Waals surface area contributed by atoms with E-state index >= 15 is 0 Å². The summed E-state index contributed by atoms with van der Waals surface area (Å²) < 4.78 is 5.42. The summed E-state index contributed by atoms with van der Waals surface area (Å²) >= 11 is 0. The number of rotatable bonds is 6. The lowest BCUT2D eigenvalue weighted by Gasteiger charge is -2.25. The standard InChI is InChI=1S/C23H21N3O3/c1-29-20-11-5-2-8-17(20)15-26-21(18-9-3-4-10-19(18)23(26)28)22(27)25-14-16-7-6-12-24-13-16/h2-13,21H,14-15H2,1H3,(H,25,27). The highest BCUT2D eigenvalue weighted by Gasteiger charge is 2.41. The second kappa shape index (κ2) is 8.14. The Labute approximate surface area is 169 Å². The van der Waals surface area contributed by atoms with Crippen LogP contribution in [0.25, 0.3) is 0 Å². The van der Waals surface area contributed by atoms with Crippen LogP contribution in [0.2, 0.25) is 0 Å². The summed E-state index contributed by atoms with van der Waals surface area (Å²) in [7, 11) is 1.59. The molecular formula is C23H21N3O3. The van der Waals surface area contributed by atoms with Crippen LogP contribution >= 0.6 is 0 Å². The lowest BCUT2D eigenvalue weighted by molar-refractivity contribution is -0.125. The molecule has 1 unspecified atom stereocenters. The number of hydrogen-bond donors (Lipinski definition) is 1. The van der Waals surface area contributed by atoms with Crippen molar-refractivity contribution in [1.29, 1.82) is 0 Å². The van der Waals surface area contributed by atoms with Gasteiger partial charge in [-0.25, -0.2) is 0 Å². The molecule has 0 aliphatic carbocycles. The first-order chi connectivity index (χ1) is 14.2. The molecule has 0 spiro atoms. The van der Waals surface area contributed by atoms with Gasteiger partial charge in [0.2, 0.25) is 5.91 Å². The molecule has 146 valence electrons. The van der Waals surface area contributed by atoms with Crippen LogP contribution in [0.1, 0.15) is 33.1 Å². The van der Waals surface area contributed by atoms with Gasteiger partial charge >= 0.3 is 0 Å². The fourth-order valence-corrected chi connectivity index (χ4v) is 3.62. The number of pyridine rings is 1. The van der Waals surface area contributed by atoms with E-state index in [4.69, 9.17) is 4.74 Å². The molecule has 2 aromatic carbocycles. The van der Waals surface area contributed by atoms with E-state index in [9.17, 15) is 9.59 Å². The molecule has 0 saturated heterocycles. The fourth-order valence-electron chi connectivity index (χ4n) is 3.62. The molecule has 0 saturated carbocycles. The van der Waals surface area contributed by atoms with Crippen molar-refractivity contribution in [2.45, 2.75) is 19.1 Å². The predicted octanol–water partition coefficient (Wildman–Crippen LogP) is 3.10. The monoisotopic (exact) mass is 387 g/mol. The highest BCUT2D eigenvalue weighted by atomic mass is 16.5. The number of methoxy groups -OCH3 is 1. The summed E-state index contributed by atoms with van der Waals surface area (Å²) in [6.07, 6.45) is 3.40. The average molecular weight is 387 g/mol. The Morgan fingerprint density at radius 3 is 2.69 bits per heavy atom. The number of nitrogens with one attached hydrogen (secondary N) is 1. The summed E-state index contributed by atoms with van der Waals surface area (Å²) in [5.41, 5.74) is 3.02. The highest BCUT2D eigenvalue weighted by molar-refractivity contribution is 6.04. The molecule has 6 nitrogen and oxygen atoms in total. The summed E-state index contributed by atoms with van der Waals surface area (Å²) in [4.78, 5) is 31.9. The zero-order valence-corrected chi connectivity index (χ0v) is 16.0. The van der Waals surface area contributed by atoms with Crippen molar-refractivity contribution in [2.75, 3.05) is 7.11 Å². The molecule has 0 radical (unpaired) electrons. The lowest BCUT2D eigenvalue weighted by atomic mass is 10.0. The van der Waals surface area contributed by atoms with Gasteiger partial charge in [0.1, 0.15) is 11.8 Å². The molecule has 0 bridgehead atoms. The summed E-state index contributed by atoms with van der Waals surface area (Å²) in [5.74, 6) is 0.306. The van der Waals surface area contributed by atoms with Crippen LogP contribution in [0.15, 0.2) is 73.1 Å². The minimum atomic E-state index is -0.694. The Kier molecular flexibility index (Phi) is 5.24.